The van der Waals surface area contributed by atoms with Crippen molar-refractivity contribution in [2.75, 3.05) is 0 Å². The standard InChI is InChI=1S/C12H10N2O3/c1-8-7-13-14(9-5-3-2-4-6-9)11(15)10(8)12(16)17/h2-7H,1H3,(H,16,17). The highest BCUT2D eigenvalue weighted by atomic mass is 16.4. The molecule has 2 rings (SSSR count). The zero-order chi connectivity index (χ0) is 12.4. The Morgan fingerprint density at radius 1 is 1.29 bits per heavy atom. The average molecular weight is 230 g/mol. The highest BCUT2D eigenvalue weighted by Crippen LogP contribution is 2.05. The van der Waals surface area contributed by atoms with Gasteiger partial charge in [-0.2, -0.15) is 9.78 Å². The zero-order valence-electron chi connectivity index (χ0n) is 9.12. The van der Waals surface area contributed by atoms with Crippen LogP contribution < -0.4 is 5.56 Å². The first kappa shape index (κ1) is 11.1. The highest BCUT2D eigenvalue weighted by Gasteiger charge is 2.15. The Labute approximate surface area is 97.0 Å². The Bertz CT molecular complexity index is 617. The molecule has 86 valence electrons. The molecule has 2 aromatic rings. The Hall–Kier alpha value is -2.43. The molecule has 17 heavy (non-hydrogen) atoms. The van der Waals surface area contributed by atoms with Crippen molar-refractivity contribution in [3.63, 3.8) is 0 Å². The van der Waals surface area contributed by atoms with E-state index >= 15 is 0 Å². The van der Waals surface area contributed by atoms with Gasteiger partial charge in [0.05, 0.1) is 11.9 Å². The summed E-state index contributed by atoms with van der Waals surface area (Å²) in [4.78, 5) is 22.9. The summed E-state index contributed by atoms with van der Waals surface area (Å²) in [6.07, 6.45) is 1.37. The molecule has 0 bridgehead atoms. The van der Waals surface area contributed by atoms with Crippen molar-refractivity contribution in [1.82, 2.24) is 9.78 Å². The first-order valence-electron chi connectivity index (χ1n) is 4.99. The summed E-state index contributed by atoms with van der Waals surface area (Å²) in [6.45, 7) is 1.55. The Kier molecular flexibility index (Phi) is 2.74. The van der Waals surface area contributed by atoms with Gasteiger partial charge >= 0.3 is 5.97 Å². The summed E-state index contributed by atoms with van der Waals surface area (Å²) in [5, 5.41) is 12.9. The van der Waals surface area contributed by atoms with Crippen molar-refractivity contribution in [2.45, 2.75) is 6.92 Å². The van der Waals surface area contributed by atoms with Crippen molar-refractivity contribution in [2.24, 2.45) is 0 Å². The number of benzene rings is 1. The molecule has 5 nitrogen and oxygen atoms in total. The number of rotatable bonds is 2. The van der Waals surface area contributed by atoms with Gasteiger partial charge in [0.25, 0.3) is 5.56 Å². The minimum absolute atomic E-state index is 0.246. The average Bonchev–Trinajstić information content (AvgIpc) is 2.30. The van der Waals surface area contributed by atoms with Gasteiger partial charge in [0.2, 0.25) is 0 Å². The summed E-state index contributed by atoms with van der Waals surface area (Å²) in [5.41, 5.74) is 0.0298. The van der Waals surface area contributed by atoms with Crippen LogP contribution in [0.2, 0.25) is 0 Å². The van der Waals surface area contributed by atoms with E-state index in [2.05, 4.69) is 5.10 Å². The van der Waals surface area contributed by atoms with Crippen molar-refractivity contribution in [1.29, 1.82) is 0 Å². The quantitative estimate of drug-likeness (QED) is 0.842. The van der Waals surface area contributed by atoms with E-state index in [1.54, 1.807) is 37.3 Å². The van der Waals surface area contributed by atoms with Gasteiger partial charge in [0, 0.05) is 0 Å². The second kappa shape index (κ2) is 4.21. The van der Waals surface area contributed by atoms with Crippen molar-refractivity contribution in [3.05, 3.63) is 58.0 Å². The number of para-hydroxylation sites is 1. The van der Waals surface area contributed by atoms with Crippen molar-refractivity contribution < 1.29 is 9.90 Å². The first-order chi connectivity index (χ1) is 8.11. The predicted molar refractivity (Wildman–Crippen MR) is 61.5 cm³/mol. The first-order valence-corrected chi connectivity index (χ1v) is 4.99. The van der Waals surface area contributed by atoms with E-state index in [-0.39, 0.29) is 5.56 Å². The van der Waals surface area contributed by atoms with E-state index in [1.165, 1.54) is 6.20 Å². The Morgan fingerprint density at radius 3 is 2.53 bits per heavy atom. The normalized spacial score (nSPS) is 10.2. The molecule has 0 aliphatic heterocycles. The third-order valence-electron chi connectivity index (χ3n) is 2.38. The number of hydrogen-bond donors (Lipinski definition) is 1. The molecule has 0 atom stereocenters. The lowest BCUT2D eigenvalue weighted by Crippen LogP contribution is -2.28. The number of aromatic nitrogens is 2. The van der Waals surface area contributed by atoms with Crippen molar-refractivity contribution >= 4 is 5.97 Å². The van der Waals surface area contributed by atoms with E-state index in [1.807, 2.05) is 0 Å². The molecule has 1 aromatic carbocycles. The monoisotopic (exact) mass is 230 g/mol. The molecule has 0 spiro atoms. The molecule has 0 saturated carbocycles. The number of nitrogens with zero attached hydrogens (tertiary/aromatic N) is 2. The van der Waals surface area contributed by atoms with Gasteiger partial charge in [-0.15, -0.1) is 0 Å². The van der Waals surface area contributed by atoms with Gasteiger partial charge in [-0.25, -0.2) is 4.79 Å². The van der Waals surface area contributed by atoms with E-state index < -0.39 is 11.5 Å². The number of carboxylic acid groups (broad SMARTS) is 1. The van der Waals surface area contributed by atoms with Crippen LogP contribution in [-0.4, -0.2) is 20.9 Å². The third-order valence-corrected chi connectivity index (χ3v) is 2.38. The van der Waals surface area contributed by atoms with Crippen LogP contribution in [0.3, 0.4) is 0 Å². The number of aryl methyl sites for hydroxylation is 1. The van der Waals surface area contributed by atoms with Crippen LogP contribution in [0, 0.1) is 6.92 Å². The number of hydrogen-bond acceptors (Lipinski definition) is 3. The molecule has 1 heterocycles. The second-order valence-corrected chi connectivity index (χ2v) is 3.56. The van der Waals surface area contributed by atoms with E-state index in [9.17, 15) is 9.59 Å². The summed E-state index contributed by atoms with van der Waals surface area (Å²) in [7, 11) is 0. The minimum Gasteiger partial charge on any atom is -0.477 e. The van der Waals surface area contributed by atoms with Gasteiger partial charge in [-0.1, -0.05) is 18.2 Å². The fraction of sp³-hybridized carbons (Fsp3) is 0.0833. The highest BCUT2D eigenvalue weighted by molar-refractivity contribution is 5.88. The largest absolute Gasteiger partial charge is 0.477 e. The van der Waals surface area contributed by atoms with Gasteiger partial charge in [0.15, 0.2) is 0 Å². The van der Waals surface area contributed by atoms with Crippen LogP contribution in [0.25, 0.3) is 5.69 Å². The topological polar surface area (TPSA) is 72.2 Å². The molecular formula is C12H10N2O3. The lowest BCUT2D eigenvalue weighted by atomic mass is 10.2. The minimum atomic E-state index is -1.24. The molecule has 0 aliphatic carbocycles. The van der Waals surface area contributed by atoms with Crippen LogP contribution in [0.1, 0.15) is 15.9 Å². The fourth-order valence-electron chi connectivity index (χ4n) is 1.55. The lowest BCUT2D eigenvalue weighted by Gasteiger charge is -2.06. The molecule has 5 heteroatoms. The van der Waals surface area contributed by atoms with Crippen LogP contribution in [0.15, 0.2) is 41.3 Å². The molecule has 0 unspecified atom stereocenters. The van der Waals surface area contributed by atoms with E-state index in [4.69, 9.17) is 5.11 Å². The molecule has 0 radical (unpaired) electrons. The maximum Gasteiger partial charge on any atom is 0.341 e. The van der Waals surface area contributed by atoms with Crippen LogP contribution >= 0.6 is 0 Å². The van der Waals surface area contributed by atoms with Gasteiger partial charge in [-0.3, -0.25) is 4.79 Å². The SMILES string of the molecule is Cc1cnn(-c2ccccc2)c(=O)c1C(=O)O. The molecular weight excluding hydrogens is 220 g/mol. The summed E-state index contributed by atoms with van der Waals surface area (Å²) >= 11 is 0. The van der Waals surface area contributed by atoms with Crippen LogP contribution in [0.5, 0.6) is 0 Å². The van der Waals surface area contributed by atoms with Crippen LogP contribution in [-0.2, 0) is 0 Å². The molecule has 0 aliphatic rings. The maximum absolute atomic E-state index is 12.0. The second-order valence-electron chi connectivity index (χ2n) is 3.56. The smallest absolute Gasteiger partial charge is 0.341 e. The van der Waals surface area contributed by atoms with E-state index in [0.717, 1.165) is 4.68 Å². The van der Waals surface area contributed by atoms with E-state index in [0.29, 0.717) is 11.3 Å². The van der Waals surface area contributed by atoms with Gasteiger partial charge < -0.3 is 5.11 Å². The van der Waals surface area contributed by atoms with Crippen molar-refractivity contribution in [3.8, 4) is 5.69 Å². The summed E-state index contributed by atoms with van der Waals surface area (Å²) in [5.74, 6) is -1.24. The third kappa shape index (κ3) is 1.94. The lowest BCUT2D eigenvalue weighted by molar-refractivity contribution is 0.0693. The molecule has 0 saturated heterocycles. The number of aromatic carboxylic acids is 1. The van der Waals surface area contributed by atoms with Crippen LogP contribution in [0.4, 0.5) is 0 Å². The Morgan fingerprint density at radius 2 is 1.94 bits per heavy atom. The zero-order valence-corrected chi connectivity index (χ0v) is 9.12. The summed E-state index contributed by atoms with van der Waals surface area (Å²) in [6, 6.07) is 8.69. The number of carbonyl (C=O) groups is 1. The molecule has 0 fully saturated rings. The Balaban J connectivity index is 2.71. The summed E-state index contributed by atoms with van der Waals surface area (Å²) < 4.78 is 1.08. The molecule has 1 N–H and O–H groups in total. The van der Waals surface area contributed by atoms with Gasteiger partial charge in [-0.05, 0) is 24.6 Å². The fourth-order valence-corrected chi connectivity index (χ4v) is 1.55. The molecule has 0 amide bonds. The maximum atomic E-state index is 12.0. The number of carboxylic acids is 1. The van der Waals surface area contributed by atoms with Gasteiger partial charge in [0.1, 0.15) is 5.56 Å². The predicted octanol–water partition coefficient (Wildman–Crippen LogP) is 1.24. The molecule has 1 aromatic heterocycles.